The predicted molar refractivity (Wildman–Crippen MR) is 87.7 cm³/mol. The molecule has 3 aromatic rings. The molecular formula is C16H13BrClFN2. The maximum atomic E-state index is 13.7. The lowest BCUT2D eigenvalue weighted by atomic mass is 10.1. The molecule has 108 valence electrons. The zero-order chi connectivity index (χ0) is 15.0. The third kappa shape index (κ3) is 2.58. The smallest absolute Gasteiger partial charge is 0.139 e. The van der Waals surface area contributed by atoms with Crippen LogP contribution in [0.3, 0.4) is 0 Å². The molecule has 0 amide bonds. The van der Waals surface area contributed by atoms with Crippen LogP contribution < -0.4 is 0 Å². The van der Waals surface area contributed by atoms with E-state index in [0.29, 0.717) is 15.8 Å². The Balaban J connectivity index is 2.31. The number of halogens is 3. The standard InChI is InChI=1S/C16H13BrClFN2/c1-2-10-4-3-5-11(6-10)21-15-7-12(17)13(19)8-14(15)20-16(21)9-18/h3-8H,2,9H2,1H3. The van der Waals surface area contributed by atoms with Crippen molar-refractivity contribution in [3.63, 3.8) is 0 Å². The maximum absolute atomic E-state index is 13.7. The normalized spacial score (nSPS) is 11.2. The van der Waals surface area contributed by atoms with Crippen LogP contribution in [0.4, 0.5) is 4.39 Å². The van der Waals surface area contributed by atoms with Crippen LogP contribution in [0.15, 0.2) is 40.9 Å². The minimum absolute atomic E-state index is 0.268. The van der Waals surface area contributed by atoms with Crippen molar-refractivity contribution in [3.05, 3.63) is 58.1 Å². The van der Waals surface area contributed by atoms with E-state index in [1.165, 1.54) is 11.6 Å². The number of hydrogen-bond acceptors (Lipinski definition) is 1. The van der Waals surface area contributed by atoms with Crippen LogP contribution in [-0.4, -0.2) is 9.55 Å². The Kier molecular flexibility index (Phi) is 4.00. The average Bonchev–Trinajstić information content (AvgIpc) is 2.85. The molecule has 0 atom stereocenters. The van der Waals surface area contributed by atoms with Gasteiger partial charge < -0.3 is 0 Å². The zero-order valence-corrected chi connectivity index (χ0v) is 13.7. The summed E-state index contributed by atoms with van der Waals surface area (Å²) in [4.78, 5) is 4.44. The SMILES string of the molecule is CCc1cccc(-n2c(CCl)nc3cc(F)c(Br)cc32)c1. The highest BCUT2D eigenvalue weighted by Gasteiger charge is 2.14. The molecule has 0 radical (unpaired) electrons. The molecule has 0 bridgehead atoms. The zero-order valence-electron chi connectivity index (χ0n) is 11.4. The predicted octanol–water partition coefficient (Wildman–Crippen LogP) is 5.23. The van der Waals surface area contributed by atoms with Gasteiger partial charge in [-0.05, 0) is 46.1 Å². The van der Waals surface area contributed by atoms with Crippen molar-refractivity contribution in [2.45, 2.75) is 19.2 Å². The van der Waals surface area contributed by atoms with E-state index in [9.17, 15) is 4.39 Å². The van der Waals surface area contributed by atoms with E-state index in [0.717, 1.165) is 17.6 Å². The summed E-state index contributed by atoms with van der Waals surface area (Å²) in [7, 11) is 0. The van der Waals surface area contributed by atoms with Gasteiger partial charge in [0.15, 0.2) is 0 Å². The third-order valence-electron chi connectivity index (χ3n) is 3.46. The lowest BCUT2D eigenvalue weighted by Crippen LogP contribution is -2.00. The Bertz CT molecular complexity index is 813. The molecule has 2 aromatic carbocycles. The fraction of sp³-hybridized carbons (Fsp3) is 0.188. The molecule has 0 N–H and O–H groups in total. The molecule has 0 spiro atoms. The fourth-order valence-corrected chi connectivity index (χ4v) is 2.93. The van der Waals surface area contributed by atoms with Crippen molar-refractivity contribution in [1.82, 2.24) is 9.55 Å². The van der Waals surface area contributed by atoms with Crippen molar-refractivity contribution in [2.24, 2.45) is 0 Å². The minimum atomic E-state index is -0.324. The van der Waals surface area contributed by atoms with Crippen molar-refractivity contribution < 1.29 is 4.39 Å². The van der Waals surface area contributed by atoms with Gasteiger partial charge in [-0.25, -0.2) is 9.37 Å². The van der Waals surface area contributed by atoms with Gasteiger partial charge in [-0.15, -0.1) is 11.6 Å². The van der Waals surface area contributed by atoms with Gasteiger partial charge in [0.05, 0.1) is 21.4 Å². The first kappa shape index (κ1) is 14.5. The Hall–Kier alpha value is -1.39. The molecule has 3 rings (SSSR count). The van der Waals surface area contributed by atoms with Gasteiger partial charge in [-0.1, -0.05) is 19.1 Å². The Morgan fingerprint density at radius 2 is 2.10 bits per heavy atom. The Labute approximate surface area is 135 Å². The summed E-state index contributed by atoms with van der Waals surface area (Å²) >= 11 is 9.25. The number of hydrogen-bond donors (Lipinski definition) is 0. The van der Waals surface area contributed by atoms with E-state index in [1.807, 2.05) is 16.7 Å². The van der Waals surface area contributed by atoms with Crippen molar-refractivity contribution in [1.29, 1.82) is 0 Å². The second-order valence-corrected chi connectivity index (χ2v) is 5.90. The van der Waals surface area contributed by atoms with Gasteiger partial charge in [0.25, 0.3) is 0 Å². The highest BCUT2D eigenvalue weighted by Crippen LogP contribution is 2.28. The molecule has 0 saturated heterocycles. The van der Waals surface area contributed by atoms with Gasteiger partial charge in [-0.3, -0.25) is 4.57 Å². The van der Waals surface area contributed by atoms with Crippen LogP contribution >= 0.6 is 27.5 Å². The summed E-state index contributed by atoms with van der Waals surface area (Å²) in [6.07, 6.45) is 0.953. The second-order valence-electron chi connectivity index (χ2n) is 4.78. The van der Waals surface area contributed by atoms with Crippen LogP contribution in [0.25, 0.3) is 16.7 Å². The van der Waals surface area contributed by atoms with E-state index in [2.05, 4.69) is 40.0 Å². The second kappa shape index (κ2) is 5.78. The average molecular weight is 368 g/mol. The van der Waals surface area contributed by atoms with E-state index in [-0.39, 0.29) is 11.7 Å². The van der Waals surface area contributed by atoms with Crippen LogP contribution in [0.1, 0.15) is 18.3 Å². The number of aromatic nitrogens is 2. The monoisotopic (exact) mass is 366 g/mol. The summed E-state index contributed by atoms with van der Waals surface area (Å²) in [5, 5.41) is 0. The Morgan fingerprint density at radius 1 is 1.29 bits per heavy atom. The first-order valence-electron chi connectivity index (χ1n) is 6.65. The summed E-state index contributed by atoms with van der Waals surface area (Å²) in [5.74, 6) is 0.651. The molecule has 5 heteroatoms. The van der Waals surface area contributed by atoms with Crippen LogP contribution in [0.2, 0.25) is 0 Å². The fourth-order valence-electron chi connectivity index (χ4n) is 2.42. The summed E-state index contributed by atoms with van der Waals surface area (Å²) in [6, 6.07) is 11.4. The highest BCUT2D eigenvalue weighted by molar-refractivity contribution is 9.10. The number of fused-ring (bicyclic) bond motifs is 1. The van der Waals surface area contributed by atoms with Crippen molar-refractivity contribution >= 4 is 38.6 Å². The van der Waals surface area contributed by atoms with Gasteiger partial charge in [0, 0.05) is 11.8 Å². The summed E-state index contributed by atoms with van der Waals surface area (Å²) < 4.78 is 16.1. The lowest BCUT2D eigenvalue weighted by Gasteiger charge is -2.09. The number of aryl methyl sites for hydroxylation is 1. The van der Waals surface area contributed by atoms with Crippen LogP contribution in [0, 0.1) is 5.82 Å². The topological polar surface area (TPSA) is 17.8 Å². The molecule has 0 unspecified atom stereocenters. The molecule has 1 aromatic heterocycles. The summed E-state index contributed by atoms with van der Waals surface area (Å²) in [5.41, 5.74) is 3.67. The van der Waals surface area contributed by atoms with Crippen LogP contribution in [0.5, 0.6) is 0 Å². The van der Waals surface area contributed by atoms with E-state index in [4.69, 9.17) is 11.6 Å². The van der Waals surface area contributed by atoms with Crippen molar-refractivity contribution in [3.8, 4) is 5.69 Å². The van der Waals surface area contributed by atoms with Crippen molar-refractivity contribution in [2.75, 3.05) is 0 Å². The molecule has 0 aliphatic rings. The van der Waals surface area contributed by atoms with Gasteiger partial charge in [-0.2, -0.15) is 0 Å². The number of nitrogens with zero attached hydrogens (tertiary/aromatic N) is 2. The molecule has 1 heterocycles. The van der Waals surface area contributed by atoms with Gasteiger partial charge in [0.2, 0.25) is 0 Å². The third-order valence-corrected chi connectivity index (χ3v) is 4.31. The molecule has 0 fully saturated rings. The Morgan fingerprint density at radius 3 is 2.81 bits per heavy atom. The van der Waals surface area contributed by atoms with E-state index in [1.54, 1.807) is 6.07 Å². The molecule has 2 nitrogen and oxygen atoms in total. The molecule has 0 aliphatic carbocycles. The first-order chi connectivity index (χ1) is 10.1. The number of benzene rings is 2. The minimum Gasteiger partial charge on any atom is -0.295 e. The molecule has 21 heavy (non-hydrogen) atoms. The summed E-state index contributed by atoms with van der Waals surface area (Å²) in [6.45, 7) is 2.11. The number of imidazole rings is 1. The highest BCUT2D eigenvalue weighted by atomic mass is 79.9. The first-order valence-corrected chi connectivity index (χ1v) is 7.98. The largest absolute Gasteiger partial charge is 0.295 e. The van der Waals surface area contributed by atoms with Gasteiger partial charge >= 0.3 is 0 Å². The van der Waals surface area contributed by atoms with E-state index < -0.39 is 0 Å². The quantitative estimate of drug-likeness (QED) is 0.580. The van der Waals surface area contributed by atoms with E-state index >= 15 is 0 Å². The maximum Gasteiger partial charge on any atom is 0.139 e. The lowest BCUT2D eigenvalue weighted by molar-refractivity contribution is 0.623. The molecular weight excluding hydrogens is 355 g/mol. The number of rotatable bonds is 3. The number of alkyl halides is 1. The molecule has 0 aliphatic heterocycles. The molecule has 0 saturated carbocycles. The van der Waals surface area contributed by atoms with Crippen LogP contribution in [-0.2, 0) is 12.3 Å². The van der Waals surface area contributed by atoms with Gasteiger partial charge in [0.1, 0.15) is 11.6 Å².